The summed E-state index contributed by atoms with van der Waals surface area (Å²) in [5, 5.41) is 10.1. The van der Waals surface area contributed by atoms with Crippen LogP contribution in [0.2, 0.25) is 0 Å². The maximum Gasteiger partial charge on any atom is 0.309 e. The standard InChI is InChI=1S/C14H19NO5/c1-14(18)6-11(16)19-8-9-2-4-15-5-3-10(13(9)15)20-12(17)7-14/h2,10,13,18H,3-8H2,1H3. The Kier molecular flexibility index (Phi) is 3.30. The molecule has 3 atom stereocenters. The first kappa shape index (κ1) is 13.6. The van der Waals surface area contributed by atoms with Crippen molar-refractivity contribution in [1.29, 1.82) is 0 Å². The quantitative estimate of drug-likeness (QED) is 0.497. The number of cyclic esters (lactones) is 1. The molecule has 3 rings (SSSR count). The van der Waals surface area contributed by atoms with E-state index in [0.717, 1.165) is 25.1 Å². The van der Waals surface area contributed by atoms with Crippen molar-refractivity contribution in [3.05, 3.63) is 11.6 Å². The van der Waals surface area contributed by atoms with E-state index in [1.807, 2.05) is 6.08 Å². The molecule has 2 fully saturated rings. The number of rotatable bonds is 0. The van der Waals surface area contributed by atoms with Crippen LogP contribution in [-0.4, -0.2) is 59.4 Å². The van der Waals surface area contributed by atoms with Crippen molar-refractivity contribution in [1.82, 2.24) is 4.90 Å². The van der Waals surface area contributed by atoms with Gasteiger partial charge in [-0.1, -0.05) is 6.08 Å². The number of hydrogen-bond donors (Lipinski definition) is 1. The summed E-state index contributed by atoms with van der Waals surface area (Å²) in [6, 6.07) is 0.0230. The largest absolute Gasteiger partial charge is 0.461 e. The van der Waals surface area contributed by atoms with Crippen LogP contribution in [0.15, 0.2) is 11.6 Å². The highest BCUT2D eigenvalue weighted by molar-refractivity contribution is 5.75. The van der Waals surface area contributed by atoms with Gasteiger partial charge in [0.1, 0.15) is 12.7 Å². The monoisotopic (exact) mass is 281 g/mol. The highest BCUT2D eigenvalue weighted by atomic mass is 16.6. The summed E-state index contributed by atoms with van der Waals surface area (Å²) in [6.45, 7) is 3.34. The lowest BCUT2D eigenvalue weighted by Crippen LogP contribution is -2.37. The third kappa shape index (κ3) is 2.58. The molecule has 0 amide bonds. The van der Waals surface area contributed by atoms with Gasteiger partial charge in [0.15, 0.2) is 0 Å². The molecule has 0 bridgehead atoms. The Labute approximate surface area is 117 Å². The maximum atomic E-state index is 11.9. The zero-order valence-corrected chi connectivity index (χ0v) is 11.5. The molecule has 2 saturated heterocycles. The number of nitrogens with zero attached hydrogens (tertiary/aromatic N) is 1. The number of ether oxygens (including phenoxy) is 2. The van der Waals surface area contributed by atoms with Gasteiger partial charge in [0.05, 0.1) is 24.5 Å². The highest BCUT2D eigenvalue weighted by Crippen LogP contribution is 2.32. The second kappa shape index (κ2) is 4.86. The lowest BCUT2D eigenvalue weighted by Gasteiger charge is -2.24. The molecule has 0 radical (unpaired) electrons. The molecule has 0 aromatic carbocycles. The van der Waals surface area contributed by atoms with Crippen LogP contribution in [0, 0.1) is 0 Å². The van der Waals surface area contributed by atoms with Crippen LogP contribution < -0.4 is 0 Å². The smallest absolute Gasteiger partial charge is 0.309 e. The van der Waals surface area contributed by atoms with Crippen LogP contribution in [0.1, 0.15) is 26.2 Å². The van der Waals surface area contributed by atoms with Gasteiger partial charge in [0.25, 0.3) is 0 Å². The summed E-state index contributed by atoms with van der Waals surface area (Å²) >= 11 is 0. The van der Waals surface area contributed by atoms with E-state index >= 15 is 0 Å². The predicted molar refractivity (Wildman–Crippen MR) is 68.8 cm³/mol. The van der Waals surface area contributed by atoms with Crippen molar-refractivity contribution < 1.29 is 24.2 Å². The van der Waals surface area contributed by atoms with E-state index < -0.39 is 17.5 Å². The third-order valence-electron chi connectivity index (χ3n) is 4.15. The fourth-order valence-corrected chi connectivity index (χ4v) is 3.24. The maximum absolute atomic E-state index is 11.9. The predicted octanol–water partition coefficient (Wildman–Crippen LogP) is 0.000500. The van der Waals surface area contributed by atoms with Crippen LogP contribution in [0.25, 0.3) is 0 Å². The van der Waals surface area contributed by atoms with E-state index in [-0.39, 0.29) is 31.6 Å². The SMILES string of the molecule is CC1(O)CC(=O)OCC2=CCN3CCC(OC(=O)C1)C23. The lowest BCUT2D eigenvalue weighted by molar-refractivity contribution is -0.156. The molecule has 3 aliphatic rings. The first-order valence-corrected chi connectivity index (χ1v) is 6.95. The summed E-state index contributed by atoms with van der Waals surface area (Å²) in [5.74, 6) is -0.943. The van der Waals surface area contributed by atoms with Crippen molar-refractivity contribution in [2.45, 2.75) is 43.9 Å². The molecule has 0 aromatic heterocycles. The molecule has 0 spiro atoms. The van der Waals surface area contributed by atoms with Gasteiger partial charge in [-0.3, -0.25) is 14.5 Å². The minimum Gasteiger partial charge on any atom is -0.461 e. The van der Waals surface area contributed by atoms with Crippen molar-refractivity contribution in [2.75, 3.05) is 19.7 Å². The fraction of sp³-hybridized carbons (Fsp3) is 0.714. The van der Waals surface area contributed by atoms with E-state index in [1.165, 1.54) is 6.92 Å². The minimum atomic E-state index is -1.42. The Morgan fingerprint density at radius 2 is 2.10 bits per heavy atom. The molecule has 3 heterocycles. The molecule has 0 saturated carbocycles. The molecule has 20 heavy (non-hydrogen) atoms. The summed E-state index contributed by atoms with van der Waals surface area (Å²) in [5.41, 5.74) is -0.421. The third-order valence-corrected chi connectivity index (χ3v) is 4.15. The Morgan fingerprint density at radius 3 is 2.90 bits per heavy atom. The second-order valence-corrected chi connectivity index (χ2v) is 6.05. The molecule has 110 valence electrons. The summed E-state index contributed by atoms with van der Waals surface area (Å²) in [7, 11) is 0. The topological polar surface area (TPSA) is 76.1 Å². The van der Waals surface area contributed by atoms with Gasteiger partial charge in [-0.05, 0) is 18.9 Å². The minimum absolute atomic E-state index is 0.0230. The summed E-state index contributed by atoms with van der Waals surface area (Å²) in [6.07, 6.45) is 2.22. The van der Waals surface area contributed by atoms with Crippen LogP contribution >= 0.6 is 0 Å². The Bertz CT molecular complexity index is 470. The molecule has 0 aliphatic carbocycles. The van der Waals surface area contributed by atoms with Crippen molar-refractivity contribution in [3.8, 4) is 0 Å². The summed E-state index contributed by atoms with van der Waals surface area (Å²) in [4.78, 5) is 25.9. The van der Waals surface area contributed by atoms with E-state index in [1.54, 1.807) is 0 Å². The van der Waals surface area contributed by atoms with Crippen LogP contribution in [-0.2, 0) is 19.1 Å². The zero-order chi connectivity index (χ0) is 14.3. The van der Waals surface area contributed by atoms with Gasteiger partial charge in [-0.2, -0.15) is 0 Å². The average molecular weight is 281 g/mol. The van der Waals surface area contributed by atoms with Crippen molar-refractivity contribution in [2.24, 2.45) is 0 Å². The number of carbonyl (C=O) groups excluding carboxylic acids is 2. The van der Waals surface area contributed by atoms with E-state index in [9.17, 15) is 14.7 Å². The number of aliphatic hydroxyl groups is 1. The van der Waals surface area contributed by atoms with E-state index in [4.69, 9.17) is 9.47 Å². The Hall–Kier alpha value is -1.40. The fourth-order valence-electron chi connectivity index (χ4n) is 3.24. The van der Waals surface area contributed by atoms with Gasteiger partial charge < -0.3 is 14.6 Å². The van der Waals surface area contributed by atoms with Crippen LogP contribution in [0.4, 0.5) is 0 Å². The highest BCUT2D eigenvalue weighted by Gasteiger charge is 2.43. The molecular weight excluding hydrogens is 262 g/mol. The number of hydrogen-bond acceptors (Lipinski definition) is 6. The molecule has 6 nitrogen and oxygen atoms in total. The first-order chi connectivity index (χ1) is 9.44. The number of esters is 2. The van der Waals surface area contributed by atoms with Crippen LogP contribution in [0.5, 0.6) is 0 Å². The van der Waals surface area contributed by atoms with Gasteiger partial charge >= 0.3 is 11.9 Å². The van der Waals surface area contributed by atoms with Gasteiger partial charge in [0.2, 0.25) is 0 Å². The molecule has 0 aromatic rings. The number of carbonyl (C=O) groups is 2. The molecule has 3 unspecified atom stereocenters. The average Bonchev–Trinajstić information content (AvgIpc) is 2.87. The first-order valence-electron chi connectivity index (χ1n) is 6.95. The van der Waals surface area contributed by atoms with Crippen molar-refractivity contribution >= 4 is 11.9 Å². The molecule has 6 heteroatoms. The van der Waals surface area contributed by atoms with Crippen LogP contribution in [0.3, 0.4) is 0 Å². The Morgan fingerprint density at radius 1 is 1.35 bits per heavy atom. The normalized spacial score (nSPS) is 38.6. The van der Waals surface area contributed by atoms with E-state index in [2.05, 4.69) is 4.90 Å². The summed E-state index contributed by atoms with van der Waals surface area (Å²) < 4.78 is 10.7. The van der Waals surface area contributed by atoms with Gasteiger partial charge in [-0.15, -0.1) is 0 Å². The molecular formula is C14H19NO5. The van der Waals surface area contributed by atoms with Crippen molar-refractivity contribution in [3.63, 3.8) is 0 Å². The van der Waals surface area contributed by atoms with Gasteiger partial charge in [-0.25, -0.2) is 0 Å². The Balaban J connectivity index is 1.83. The lowest BCUT2D eigenvalue weighted by atomic mass is 9.98. The zero-order valence-electron chi connectivity index (χ0n) is 11.5. The second-order valence-electron chi connectivity index (χ2n) is 6.05. The molecule has 1 N–H and O–H groups in total. The van der Waals surface area contributed by atoms with E-state index in [0.29, 0.717) is 0 Å². The molecule has 3 aliphatic heterocycles. The van der Waals surface area contributed by atoms with Gasteiger partial charge in [0, 0.05) is 13.1 Å².